The van der Waals surface area contributed by atoms with Crippen molar-refractivity contribution in [2.24, 2.45) is 0 Å². The van der Waals surface area contributed by atoms with E-state index in [-0.39, 0.29) is 31.0 Å². The molecule has 1 N–H and O–H groups in total. The highest BCUT2D eigenvalue weighted by molar-refractivity contribution is 6.01. The molecule has 2 atom stereocenters. The molecule has 1 saturated heterocycles. The van der Waals surface area contributed by atoms with Crippen LogP contribution in [-0.2, 0) is 22.7 Å². The molecule has 2 heterocycles. The highest BCUT2D eigenvalue weighted by atomic mass is 19.1. The predicted molar refractivity (Wildman–Crippen MR) is 138 cm³/mol. The van der Waals surface area contributed by atoms with E-state index < -0.39 is 17.8 Å². The number of esters is 1. The van der Waals surface area contributed by atoms with Gasteiger partial charge in [0.15, 0.2) is 0 Å². The Bertz CT molecular complexity index is 1360. The molecule has 38 heavy (non-hydrogen) atoms. The molecule has 0 saturated carbocycles. The van der Waals surface area contributed by atoms with Crippen molar-refractivity contribution < 1.29 is 27.8 Å². The predicted octanol–water partition coefficient (Wildman–Crippen LogP) is 5.62. The molecule has 2 amide bonds. The van der Waals surface area contributed by atoms with Crippen molar-refractivity contribution in [3.05, 3.63) is 107 Å². The number of carbonyl (C=O) groups is 2. The summed E-state index contributed by atoms with van der Waals surface area (Å²) in [6.07, 6.45) is 1.71. The molecule has 2 aliphatic heterocycles. The molecule has 0 unspecified atom stereocenters. The van der Waals surface area contributed by atoms with Gasteiger partial charge in [0.1, 0.15) is 24.0 Å². The first-order valence-corrected chi connectivity index (χ1v) is 12.5. The standard InChI is InChI=1S/C30H28F2N2O4/c1-37-29(35)28-25(24-13-11-22(32)15-27(24)38-18-20-5-3-2-4-6-20)16-23-12-14-26(28)34(23)30(36)33-17-19-7-9-21(31)10-8-19/h2-11,13,15,23,26H,12,14,16-18H2,1H3,(H,33,36)/t23-,26+/m0/s1. The van der Waals surface area contributed by atoms with E-state index >= 15 is 0 Å². The fourth-order valence-corrected chi connectivity index (χ4v) is 5.32. The van der Waals surface area contributed by atoms with Crippen molar-refractivity contribution in [3.8, 4) is 5.75 Å². The van der Waals surface area contributed by atoms with Crippen LogP contribution >= 0.6 is 0 Å². The number of nitrogens with one attached hydrogen (secondary N) is 1. The van der Waals surface area contributed by atoms with Crippen molar-refractivity contribution in [2.75, 3.05) is 7.11 Å². The van der Waals surface area contributed by atoms with Crippen LogP contribution in [0.3, 0.4) is 0 Å². The Morgan fingerprint density at radius 1 is 0.947 bits per heavy atom. The van der Waals surface area contributed by atoms with E-state index in [0.717, 1.165) is 11.1 Å². The number of amides is 2. The van der Waals surface area contributed by atoms with Crippen LogP contribution in [0.4, 0.5) is 13.6 Å². The number of hydrogen-bond donors (Lipinski definition) is 1. The van der Waals surface area contributed by atoms with Crippen molar-refractivity contribution in [3.63, 3.8) is 0 Å². The molecule has 3 aromatic carbocycles. The van der Waals surface area contributed by atoms with Crippen molar-refractivity contribution in [2.45, 2.75) is 44.5 Å². The van der Waals surface area contributed by atoms with Gasteiger partial charge < -0.3 is 19.7 Å². The lowest BCUT2D eigenvalue weighted by atomic mass is 9.88. The number of fused-ring (bicyclic) bond motifs is 2. The first-order valence-electron chi connectivity index (χ1n) is 12.5. The van der Waals surface area contributed by atoms with Gasteiger partial charge in [-0.25, -0.2) is 18.4 Å². The number of carbonyl (C=O) groups excluding carboxylic acids is 2. The second-order valence-corrected chi connectivity index (χ2v) is 9.44. The highest BCUT2D eigenvalue weighted by Crippen LogP contribution is 2.45. The zero-order valence-corrected chi connectivity index (χ0v) is 21.0. The maximum atomic E-state index is 14.3. The fraction of sp³-hybridized carbons (Fsp3) is 0.267. The third kappa shape index (κ3) is 5.25. The lowest BCUT2D eigenvalue weighted by Gasteiger charge is -2.37. The maximum absolute atomic E-state index is 14.3. The van der Waals surface area contributed by atoms with Crippen LogP contribution in [0.1, 0.15) is 36.0 Å². The van der Waals surface area contributed by atoms with E-state index in [9.17, 15) is 18.4 Å². The Morgan fingerprint density at radius 3 is 2.42 bits per heavy atom. The second-order valence-electron chi connectivity index (χ2n) is 9.44. The SMILES string of the molecule is COC(=O)C1=C(c2ccc(F)cc2OCc2ccccc2)C[C@@H]2CC[C@H]1N2C(=O)NCc1ccc(F)cc1. The molecule has 2 aliphatic rings. The highest BCUT2D eigenvalue weighted by Gasteiger charge is 2.47. The Kier molecular flexibility index (Phi) is 7.40. The lowest BCUT2D eigenvalue weighted by molar-refractivity contribution is -0.136. The van der Waals surface area contributed by atoms with Gasteiger partial charge in [-0.05, 0) is 60.2 Å². The number of nitrogens with zero attached hydrogens (tertiary/aromatic N) is 1. The number of urea groups is 1. The quantitative estimate of drug-likeness (QED) is 0.413. The normalized spacial score (nSPS) is 18.3. The van der Waals surface area contributed by atoms with E-state index in [0.29, 0.717) is 41.7 Å². The first-order chi connectivity index (χ1) is 18.4. The monoisotopic (exact) mass is 518 g/mol. The molecule has 196 valence electrons. The number of benzene rings is 3. The smallest absolute Gasteiger partial charge is 0.336 e. The summed E-state index contributed by atoms with van der Waals surface area (Å²) in [6, 6.07) is 18.8. The third-order valence-corrected chi connectivity index (χ3v) is 7.10. The Morgan fingerprint density at radius 2 is 1.68 bits per heavy atom. The van der Waals surface area contributed by atoms with Gasteiger partial charge in [0.05, 0.1) is 18.7 Å². The molecular weight excluding hydrogens is 490 g/mol. The lowest BCUT2D eigenvalue weighted by Crippen LogP contribution is -2.50. The average molecular weight is 519 g/mol. The molecule has 0 aromatic heterocycles. The number of rotatable bonds is 7. The number of ether oxygens (including phenoxy) is 2. The summed E-state index contributed by atoms with van der Waals surface area (Å²) in [7, 11) is 1.31. The van der Waals surface area contributed by atoms with Gasteiger partial charge in [0, 0.05) is 24.2 Å². The van der Waals surface area contributed by atoms with E-state index in [1.807, 2.05) is 30.3 Å². The van der Waals surface area contributed by atoms with E-state index in [1.165, 1.54) is 31.4 Å². The largest absolute Gasteiger partial charge is 0.488 e. The van der Waals surface area contributed by atoms with E-state index in [4.69, 9.17) is 9.47 Å². The number of hydrogen-bond acceptors (Lipinski definition) is 4. The van der Waals surface area contributed by atoms with Crippen LogP contribution in [0.15, 0.2) is 78.4 Å². The minimum Gasteiger partial charge on any atom is -0.488 e. The topological polar surface area (TPSA) is 67.9 Å². The summed E-state index contributed by atoms with van der Waals surface area (Å²) in [5, 5.41) is 2.89. The van der Waals surface area contributed by atoms with Crippen LogP contribution < -0.4 is 10.1 Å². The van der Waals surface area contributed by atoms with Crippen molar-refractivity contribution >= 4 is 17.6 Å². The Balaban J connectivity index is 1.44. The van der Waals surface area contributed by atoms with Crippen molar-refractivity contribution in [1.82, 2.24) is 10.2 Å². The Labute approximate surface area is 219 Å². The van der Waals surface area contributed by atoms with Crippen molar-refractivity contribution in [1.29, 1.82) is 0 Å². The molecular formula is C30H28F2N2O4. The van der Waals surface area contributed by atoms with Crippen LogP contribution in [0.2, 0.25) is 0 Å². The van der Waals surface area contributed by atoms with E-state index in [2.05, 4.69) is 5.32 Å². The molecule has 3 aromatic rings. The van der Waals surface area contributed by atoms with Gasteiger partial charge in [0.25, 0.3) is 0 Å². The molecule has 5 rings (SSSR count). The number of methoxy groups -OCH3 is 1. The summed E-state index contributed by atoms with van der Waals surface area (Å²) in [5.74, 6) is -0.987. The van der Waals surface area contributed by atoms with Gasteiger partial charge in [0.2, 0.25) is 0 Å². The average Bonchev–Trinajstić information content (AvgIpc) is 3.25. The fourth-order valence-electron chi connectivity index (χ4n) is 5.32. The van der Waals surface area contributed by atoms with Gasteiger partial charge >= 0.3 is 12.0 Å². The first kappa shape index (κ1) is 25.4. The van der Waals surface area contributed by atoms with Crippen LogP contribution in [0, 0.1) is 11.6 Å². The zero-order chi connectivity index (χ0) is 26.6. The third-order valence-electron chi connectivity index (χ3n) is 7.10. The maximum Gasteiger partial charge on any atom is 0.336 e. The molecule has 8 heteroatoms. The van der Waals surface area contributed by atoms with Gasteiger partial charge in [-0.15, -0.1) is 0 Å². The summed E-state index contributed by atoms with van der Waals surface area (Å²) >= 11 is 0. The zero-order valence-electron chi connectivity index (χ0n) is 21.0. The molecule has 1 fully saturated rings. The van der Waals surface area contributed by atoms with Crippen LogP contribution in [-0.4, -0.2) is 36.1 Å². The summed E-state index contributed by atoms with van der Waals surface area (Å²) < 4.78 is 38.7. The number of halogens is 2. The minimum atomic E-state index is -0.528. The molecule has 0 spiro atoms. The summed E-state index contributed by atoms with van der Waals surface area (Å²) in [5.41, 5.74) is 3.40. The van der Waals surface area contributed by atoms with Crippen LogP contribution in [0.25, 0.3) is 5.57 Å². The molecule has 2 bridgehead atoms. The minimum absolute atomic E-state index is 0.149. The van der Waals surface area contributed by atoms with Gasteiger partial charge in [-0.3, -0.25) is 0 Å². The Hall–Kier alpha value is -4.20. The van der Waals surface area contributed by atoms with E-state index in [1.54, 1.807) is 23.1 Å². The molecule has 6 nitrogen and oxygen atoms in total. The summed E-state index contributed by atoms with van der Waals surface area (Å²) in [6.45, 7) is 0.470. The summed E-state index contributed by atoms with van der Waals surface area (Å²) in [4.78, 5) is 28.0. The second kappa shape index (κ2) is 11.0. The van der Waals surface area contributed by atoms with Gasteiger partial charge in [-0.1, -0.05) is 42.5 Å². The van der Waals surface area contributed by atoms with Crippen LogP contribution in [0.5, 0.6) is 5.75 Å². The van der Waals surface area contributed by atoms with Gasteiger partial charge in [-0.2, -0.15) is 0 Å². The molecule has 0 radical (unpaired) electrons. The molecule has 0 aliphatic carbocycles.